The smallest absolute Gasteiger partial charge is 0.252 e. The Hall–Kier alpha value is 0.0500. The van der Waals surface area contributed by atoms with Crippen LogP contribution in [-0.2, 0) is 3.79 Å². The van der Waals surface area contributed by atoms with E-state index in [9.17, 15) is 4.79 Å². The van der Waals surface area contributed by atoms with E-state index in [0.717, 1.165) is 0 Å². The third-order valence-corrected chi connectivity index (χ3v) is 2.26. The van der Waals surface area contributed by atoms with Gasteiger partial charge in [0.15, 0.2) is 0 Å². The van der Waals surface area contributed by atoms with E-state index in [1.165, 1.54) is 6.07 Å². The molecular formula is C8H4Cl4O. The monoisotopic (exact) mass is 256 g/mol. The first-order chi connectivity index (χ1) is 5.93. The highest BCUT2D eigenvalue weighted by atomic mass is 35.6. The lowest BCUT2D eigenvalue weighted by Crippen LogP contribution is -2.06. The number of alkyl halides is 3. The molecule has 70 valence electrons. The summed E-state index contributed by atoms with van der Waals surface area (Å²) in [7, 11) is 0. The Bertz CT molecular complexity index is 329. The van der Waals surface area contributed by atoms with E-state index in [1.807, 2.05) is 0 Å². The van der Waals surface area contributed by atoms with Gasteiger partial charge >= 0.3 is 0 Å². The predicted molar refractivity (Wildman–Crippen MR) is 55.9 cm³/mol. The van der Waals surface area contributed by atoms with Crippen molar-refractivity contribution < 1.29 is 4.79 Å². The van der Waals surface area contributed by atoms with Crippen molar-refractivity contribution in [3.05, 3.63) is 35.4 Å². The predicted octanol–water partition coefficient (Wildman–Crippen LogP) is 3.89. The van der Waals surface area contributed by atoms with Gasteiger partial charge in [-0.15, -0.1) is 0 Å². The molecule has 0 aromatic heterocycles. The topological polar surface area (TPSA) is 17.1 Å². The molecule has 0 bridgehead atoms. The molecule has 0 atom stereocenters. The maximum atomic E-state index is 10.9. The largest absolute Gasteiger partial charge is 0.276 e. The third-order valence-electron chi connectivity index (χ3n) is 1.44. The van der Waals surface area contributed by atoms with E-state index in [4.69, 9.17) is 46.4 Å². The van der Waals surface area contributed by atoms with Gasteiger partial charge in [-0.2, -0.15) is 0 Å². The van der Waals surface area contributed by atoms with Gasteiger partial charge in [0.05, 0.1) is 0 Å². The minimum atomic E-state index is -1.62. The summed E-state index contributed by atoms with van der Waals surface area (Å²) in [5, 5.41) is -0.637. The standard InChI is InChI=1S/C8H4Cl4O/c9-7(13)5-3-1-2-4-6(5)8(10,11)12/h1-4H. The number of hydrogen-bond acceptors (Lipinski definition) is 1. The van der Waals surface area contributed by atoms with Crippen molar-refractivity contribution in [2.24, 2.45) is 0 Å². The van der Waals surface area contributed by atoms with Crippen molar-refractivity contribution in [2.75, 3.05) is 0 Å². The lowest BCUT2D eigenvalue weighted by atomic mass is 10.1. The highest BCUT2D eigenvalue weighted by Crippen LogP contribution is 2.40. The Labute approximate surface area is 95.5 Å². The van der Waals surface area contributed by atoms with Crippen molar-refractivity contribution in [1.29, 1.82) is 0 Å². The molecule has 0 spiro atoms. The van der Waals surface area contributed by atoms with Crippen LogP contribution in [0.5, 0.6) is 0 Å². The quantitative estimate of drug-likeness (QED) is 0.551. The average Bonchev–Trinajstić information content (AvgIpc) is 2.03. The van der Waals surface area contributed by atoms with E-state index < -0.39 is 9.03 Å². The van der Waals surface area contributed by atoms with Gasteiger partial charge in [-0.25, -0.2) is 0 Å². The molecule has 0 unspecified atom stereocenters. The summed E-state index contributed by atoms with van der Waals surface area (Å²) >= 11 is 22.2. The number of benzene rings is 1. The highest BCUT2D eigenvalue weighted by molar-refractivity contribution is 6.70. The number of carbonyl (C=O) groups is 1. The fourth-order valence-electron chi connectivity index (χ4n) is 0.902. The normalized spacial score (nSPS) is 11.4. The van der Waals surface area contributed by atoms with Crippen molar-refractivity contribution >= 4 is 51.6 Å². The van der Waals surface area contributed by atoms with Gasteiger partial charge in [0.1, 0.15) is 0 Å². The summed E-state index contributed by atoms with van der Waals surface area (Å²) in [6, 6.07) is 6.37. The van der Waals surface area contributed by atoms with Crippen LogP contribution in [0, 0.1) is 0 Å². The number of hydrogen-bond donors (Lipinski definition) is 0. The van der Waals surface area contributed by atoms with Gasteiger partial charge in [-0.05, 0) is 17.7 Å². The maximum Gasteiger partial charge on any atom is 0.252 e. The summed E-state index contributed by atoms with van der Waals surface area (Å²) in [5.74, 6) is 0. The molecule has 13 heavy (non-hydrogen) atoms. The van der Waals surface area contributed by atoms with Crippen LogP contribution in [0.3, 0.4) is 0 Å². The van der Waals surface area contributed by atoms with E-state index in [1.54, 1.807) is 18.2 Å². The van der Waals surface area contributed by atoms with E-state index >= 15 is 0 Å². The van der Waals surface area contributed by atoms with E-state index in [0.29, 0.717) is 5.56 Å². The van der Waals surface area contributed by atoms with Gasteiger partial charge in [-0.1, -0.05) is 53.0 Å². The summed E-state index contributed by atoms with van der Waals surface area (Å²) in [6.07, 6.45) is 0. The van der Waals surface area contributed by atoms with Crippen molar-refractivity contribution in [3.8, 4) is 0 Å². The molecule has 0 aliphatic rings. The number of halogens is 4. The molecule has 0 radical (unpaired) electrons. The zero-order chi connectivity index (χ0) is 10.1. The zero-order valence-electron chi connectivity index (χ0n) is 6.23. The van der Waals surface area contributed by atoms with Crippen LogP contribution in [-0.4, -0.2) is 5.24 Å². The fourth-order valence-corrected chi connectivity index (χ4v) is 1.56. The molecule has 0 N–H and O–H groups in total. The van der Waals surface area contributed by atoms with E-state index in [2.05, 4.69) is 0 Å². The Kier molecular flexibility index (Phi) is 3.47. The number of rotatable bonds is 1. The summed E-state index contributed by atoms with van der Waals surface area (Å²) < 4.78 is -1.62. The second-order valence-corrected chi connectivity index (χ2v) is 4.94. The highest BCUT2D eigenvalue weighted by Gasteiger charge is 2.27. The Morgan fingerprint density at radius 3 is 2.08 bits per heavy atom. The van der Waals surface area contributed by atoms with Gasteiger partial charge in [-0.3, -0.25) is 4.79 Å². The minimum absolute atomic E-state index is 0.212. The minimum Gasteiger partial charge on any atom is -0.276 e. The Balaban J connectivity index is 3.28. The Morgan fingerprint density at radius 2 is 1.69 bits per heavy atom. The molecule has 0 heterocycles. The molecule has 0 amide bonds. The van der Waals surface area contributed by atoms with Crippen molar-refractivity contribution in [3.63, 3.8) is 0 Å². The lowest BCUT2D eigenvalue weighted by Gasteiger charge is -2.13. The molecule has 1 rings (SSSR count). The van der Waals surface area contributed by atoms with Crippen LogP contribution in [0.15, 0.2) is 24.3 Å². The molecule has 0 saturated heterocycles. The van der Waals surface area contributed by atoms with Gasteiger partial charge in [0.2, 0.25) is 3.79 Å². The van der Waals surface area contributed by atoms with Crippen LogP contribution < -0.4 is 0 Å². The first-order valence-electron chi connectivity index (χ1n) is 3.29. The molecule has 0 aliphatic heterocycles. The van der Waals surface area contributed by atoms with Crippen LogP contribution in [0.2, 0.25) is 0 Å². The fraction of sp³-hybridized carbons (Fsp3) is 0.125. The summed E-state index contributed by atoms with van der Waals surface area (Å²) in [4.78, 5) is 10.9. The Morgan fingerprint density at radius 1 is 1.15 bits per heavy atom. The van der Waals surface area contributed by atoms with Crippen molar-refractivity contribution in [1.82, 2.24) is 0 Å². The second kappa shape index (κ2) is 4.05. The molecule has 0 aliphatic carbocycles. The maximum absolute atomic E-state index is 10.9. The second-order valence-electron chi connectivity index (χ2n) is 2.32. The molecular weight excluding hydrogens is 254 g/mol. The van der Waals surface area contributed by atoms with Gasteiger partial charge in [0.25, 0.3) is 5.24 Å². The van der Waals surface area contributed by atoms with Gasteiger partial charge < -0.3 is 0 Å². The van der Waals surface area contributed by atoms with Crippen molar-refractivity contribution in [2.45, 2.75) is 3.79 Å². The molecule has 0 fully saturated rings. The SMILES string of the molecule is O=C(Cl)c1ccccc1C(Cl)(Cl)Cl. The van der Waals surface area contributed by atoms with Crippen LogP contribution >= 0.6 is 46.4 Å². The molecule has 1 aromatic carbocycles. The first-order valence-corrected chi connectivity index (χ1v) is 4.80. The van der Waals surface area contributed by atoms with Crippen LogP contribution in [0.25, 0.3) is 0 Å². The average molecular weight is 258 g/mol. The molecule has 5 heteroatoms. The zero-order valence-corrected chi connectivity index (χ0v) is 9.25. The first kappa shape index (κ1) is 11.1. The third kappa shape index (κ3) is 2.75. The molecule has 0 saturated carbocycles. The molecule has 1 nitrogen and oxygen atoms in total. The van der Waals surface area contributed by atoms with E-state index in [-0.39, 0.29) is 5.56 Å². The summed E-state index contributed by atoms with van der Waals surface area (Å²) in [5.41, 5.74) is 0.504. The lowest BCUT2D eigenvalue weighted by molar-refractivity contribution is 0.108. The molecule has 1 aromatic rings. The van der Waals surface area contributed by atoms with Crippen LogP contribution in [0.4, 0.5) is 0 Å². The summed E-state index contributed by atoms with van der Waals surface area (Å²) in [6.45, 7) is 0. The van der Waals surface area contributed by atoms with Crippen LogP contribution in [0.1, 0.15) is 15.9 Å². The van der Waals surface area contributed by atoms with Gasteiger partial charge in [0, 0.05) is 11.1 Å². The number of carbonyl (C=O) groups excluding carboxylic acids is 1.